The zero-order valence-corrected chi connectivity index (χ0v) is 16.8. The number of carbonyl (C=O) groups excluding carboxylic acids is 1. The van der Waals surface area contributed by atoms with Gasteiger partial charge in [-0.25, -0.2) is 9.78 Å². The molecule has 1 aromatic carbocycles. The van der Waals surface area contributed by atoms with E-state index in [1.165, 1.54) is 17.0 Å². The molecule has 0 saturated carbocycles. The Balaban J connectivity index is 1.36. The van der Waals surface area contributed by atoms with Gasteiger partial charge in [-0.2, -0.15) is 4.98 Å². The van der Waals surface area contributed by atoms with Crippen LogP contribution in [0.5, 0.6) is 6.01 Å². The van der Waals surface area contributed by atoms with E-state index in [2.05, 4.69) is 9.97 Å². The maximum Gasteiger partial charge on any atom is 0.338 e. The lowest BCUT2D eigenvalue weighted by Gasteiger charge is -2.23. The Bertz CT molecular complexity index is 1170. The number of ether oxygens (including phenoxy) is 4. The number of imidazole rings is 1. The summed E-state index contributed by atoms with van der Waals surface area (Å²) in [4.78, 5) is 31.7. The van der Waals surface area contributed by atoms with Crippen molar-refractivity contribution in [2.75, 3.05) is 6.61 Å². The minimum Gasteiger partial charge on any atom is -0.460 e. The van der Waals surface area contributed by atoms with Gasteiger partial charge in [-0.3, -0.25) is 13.9 Å². The van der Waals surface area contributed by atoms with Gasteiger partial charge in [0.1, 0.15) is 19.0 Å². The second-order valence-corrected chi connectivity index (χ2v) is 7.24. The first-order valence-corrected chi connectivity index (χ1v) is 9.83. The first-order chi connectivity index (χ1) is 15.1. The fraction of sp³-hybridized carbons (Fsp3) is 0.250. The Morgan fingerprint density at radius 1 is 1.19 bits per heavy atom. The molecule has 0 spiro atoms. The lowest BCUT2D eigenvalue weighted by molar-refractivity contribution is -0.0491. The number of thiocarbonyl (C=S) groups is 1. The fourth-order valence-corrected chi connectivity index (χ4v) is 3.71. The highest BCUT2D eigenvalue weighted by molar-refractivity contribution is 7.80. The van der Waals surface area contributed by atoms with E-state index >= 15 is 0 Å². The van der Waals surface area contributed by atoms with Gasteiger partial charge in [-0.15, -0.1) is 0 Å². The Morgan fingerprint density at radius 3 is 2.81 bits per heavy atom. The summed E-state index contributed by atoms with van der Waals surface area (Å²) < 4.78 is 26.5. The molecule has 0 radical (unpaired) electrons. The van der Waals surface area contributed by atoms with Crippen molar-refractivity contribution in [2.24, 2.45) is 0 Å². The summed E-state index contributed by atoms with van der Waals surface area (Å²) in [6, 6.07) is 10.1. The van der Waals surface area contributed by atoms with Crippen molar-refractivity contribution in [3.63, 3.8) is 0 Å². The van der Waals surface area contributed by atoms with E-state index in [4.69, 9.17) is 31.2 Å². The van der Waals surface area contributed by atoms with Crippen molar-refractivity contribution < 1.29 is 23.7 Å². The third-order valence-electron chi connectivity index (χ3n) is 4.95. The minimum atomic E-state index is -0.722. The van der Waals surface area contributed by atoms with E-state index in [0.29, 0.717) is 5.56 Å². The number of nitrogens with zero attached hydrogens (tertiary/aromatic N) is 4. The van der Waals surface area contributed by atoms with Crippen molar-refractivity contribution in [3.05, 3.63) is 77.2 Å². The van der Waals surface area contributed by atoms with Gasteiger partial charge < -0.3 is 18.9 Å². The summed E-state index contributed by atoms with van der Waals surface area (Å²) in [7, 11) is 0. The first kappa shape index (κ1) is 19.4. The van der Waals surface area contributed by atoms with E-state index in [-0.39, 0.29) is 17.8 Å². The minimum absolute atomic E-state index is 0.0791. The highest BCUT2D eigenvalue weighted by Gasteiger charge is 2.54. The summed E-state index contributed by atoms with van der Waals surface area (Å²) in [5.74, 6) is -0.483. The molecule has 2 aliphatic heterocycles. The number of benzene rings is 1. The summed E-state index contributed by atoms with van der Waals surface area (Å²) in [6.07, 6.45) is 3.61. The van der Waals surface area contributed by atoms with Gasteiger partial charge in [0.15, 0.2) is 18.4 Å². The van der Waals surface area contributed by atoms with E-state index in [1.54, 1.807) is 47.4 Å². The van der Waals surface area contributed by atoms with E-state index in [9.17, 15) is 9.59 Å². The number of rotatable bonds is 4. The SMILES string of the molecule is O=C(OC[C@H]1O[C@@H]2[C@@H](Oc3nc(=O)ccn32)[C@@H]1OC(=S)n1ccnc1)c1ccccc1. The molecule has 0 amide bonds. The van der Waals surface area contributed by atoms with Crippen LogP contribution in [0.4, 0.5) is 0 Å². The van der Waals surface area contributed by atoms with Gasteiger partial charge >= 0.3 is 12.0 Å². The Hall–Kier alpha value is -3.57. The summed E-state index contributed by atoms with van der Waals surface area (Å²) in [5, 5.41) is 0.133. The monoisotopic (exact) mass is 440 g/mol. The molecular formula is C20H16N4O6S. The molecule has 158 valence electrons. The normalized spacial score (nSPS) is 23.5. The molecule has 31 heavy (non-hydrogen) atoms. The topological polar surface area (TPSA) is 107 Å². The molecule has 5 rings (SSSR count). The molecule has 0 aliphatic carbocycles. The molecule has 4 heterocycles. The van der Waals surface area contributed by atoms with Gasteiger partial charge in [0, 0.05) is 24.7 Å². The number of hydrogen-bond donors (Lipinski definition) is 0. The number of carbonyl (C=O) groups is 1. The number of fused-ring (bicyclic) bond motifs is 3. The maximum absolute atomic E-state index is 12.4. The van der Waals surface area contributed by atoms with Crippen molar-refractivity contribution in [1.82, 2.24) is 19.1 Å². The molecule has 4 atom stereocenters. The average molecular weight is 440 g/mol. The second kappa shape index (κ2) is 7.93. The van der Waals surface area contributed by atoms with Crippen LogP contribution in [0.3, 0.4) is 0 Å². The zero-order valence-electron chi connectivity index (χ0n) is 15.9. The molecule has 10 nitrogen and oxygen atoms in total. The van der Waals surface area contributed by atoms with Crippen LogP contribution in [0.15, 0.2) is 66.1 Å². The van der Waals surface area contributed by atoms with E-state index in [0.717, 1.165) is 0 Å². The molecule has 1 fully saturated rings. The molecule has 2 aromatic heterocycles. The van der Waals surface area contributed by atoms with Crippen LogP contribution in [0.2, 0.25) is 0 Å². The van der Waals surface area contributed by atoms with Gasteiger partial charge in [0.25, 0.3) is 10.7 Å². The smallest absolute Gasteiger partial charge is 0.338 e. The highest BCUT2D eigenvalue weighted by Crippen LogP contribution is 2.40. The van der Waals surface area contributed by atoms with Gasteiger partial charge in [0.05, 0.1) is 5.56 Å². The predicted molar refractivity (Wildman–Crippen MR) is 109 cm³/mol. The Labute approximate surface area is 181 Å². The number of hydrogen-bond acceptors (Lipinski definition) is 9. The average Bonchev–Trinajstić information content (AvgIpc) is 3.50. The molecule has 2 aliphatic rings. The van der Waals surface area contributed by atoms with Crippen LogP contribution in [-0.4, -0.2) is 55.2 Å². The van der Waals surface area contributed by atoms with Gasteiger partial charge in [-0.05, 0) is 24.4 Å². The van der Waals surface area contributed by atoms with Crippen LogP contribution >= 0.6 is 12.2 Å². The molecule has 11 heteroatoms. The maximum atomic E-state index is 12.4. The van der Waals surface area contributed by atoms with Crippen LogP contribution in [0.1, 0.15) is 16.6 Å². The standard InChI is InChI=1S/C20H16N4O6S/c25-14-6-8-24-17-16(29-19(24)22-14)15(30-20(31)23-9-7-21-11-23)13(28-17)10-27-18(26)12-4-2-1-3-5-12/h1-9,11,13,15-17H,10H2/t13-,15-,16+,17-/m1/s1. The highest BCUT2D eigenvalue weighted by atomic mass is 32.1. The lowest BCUT2D eigenvalue weighted by Crippen LogP contribution is -2.41. The van der Waals surface area contributed by atoms with Gasteiger partial charge in [-0.1, -0.05) is 18.2 Å². The third kappa shape index (κ3) is 3.68. The van der Waals surface area contributed by atoms with E-state index in [1.807, 2.05) is 6.07 Å². The molecular weight excluding hydrogens is 424 g/mol. The van der Waals surface area contributed by atoms with Crippen LogP contribution in [0.25, 0.3) is 0 Å². The van der Waals surface area contributed by atoms with Crippen molar-refractivity contribution >= 4 is 23.4 Å². The molecule has 1 saturated heterocycles. The van der Waals surface area contributed by atoms with Crippen LogP contribution in [-0.2, 0) is 14.2 Å². The quantitative estimate of drug-likeness (QED) is 0.436. The first-order valence-electron chi connectivity index (χ1n) is 9.42. The fourth-order valence-electron chi connectivity index (χ4n) is 3.49. The summed E-state index contributed by atoms with van der Waals surface area (Å²) in [5.41, 5.74) is 0.00112. The van der Waals surface area contributed by atoms with Crippen molar-refractivity contribution in [2.45, 2.75) is 24.5 Å². The second-order valence-electron chi connectivity index (χ2n) is 6.89. The lowest BCUT2D eigenvalue weighted by atomic mass is 10.1. The molecule has 3 aromatic rings. The molecule has 0 bridgehead atoms. The van der Waals surface area contributed by atoms with E-state index < -0.39 is 36.1 Å². The summed E-state index contributed by atoms with van der Waals surface area (Å²) >= 11 is 5.35. The van der Waals surface area contributed by atoms with Crippen LogP contribution < -0.4 is 10.3 Å². The van der Waals surface area contributed by atoms with Crippen molar-refractivity contribution in [3.8, 4) is 6.01 Å². The molecule has 0 N–H and O–H groups in total. The Morgan fingerprint density at radius 2 is 2.03 bits per heavy atom. The number of esters is 1. The molecule has 0 unspecified atom stereocenters. The Kier molecular flexibility index (Phi) is 4.96. The number of aromatic nitrogens is 4. The van der Waals surface area contributed by atoms with Crippen molar-refractivity contribution in [1.29, 1.82) is 0 Å². The van der Waals surface area contributed by atoms with Gasteiger partial charge in [0.2, 0.25) is 0 Å². The largest absolute Gasteiger partial charge is 0.460 e. The predicted octanol–water partition coefficient (Wildman–Crippen LogP) is 1.17. The third-order valence-corrected chi connectivity index (χ3v) is 5.25. The van der Waals surface area contributed by atoms with Crippen LogP contribution in [0, 0.1) is 0 Å². The summed E-state index contributed by atoms with van der Waals surface area (Å²) in [6.45, 7) is -0.0791. The zero-order chi connectivity index (χ0) is 21.4.